The average Bonchev–Trinajstić information content (AvgIpc) is 3.36. The van der Waals surface area contributed by atoms with E-state index in [-0.39, 0.29) is 30.6 Å². The lowest BCUT2D eigenvalue weighted by Crippen LogP contribution is -2.31. The third kappa shape index (κ3) is 3.54. The van der Waals surface area contributed by atoms with E-state index in [2.05, 4.69) is 9.97 Å². The Labute approximate surface area is 162 Å². The van der Waals surface area contributed by atoms with Gasteiger partial charge in [-0.15, -0.1) is 11.3 Å². The van der Waals surface area contributed by atoms with Gasteiger partial charge in [0.1, 0.15) is 5.82 Å². The number of rotatable bonds is 5. The number of aromatic nitrogens is 2. The Morgan fingerprint density at radius 2 is 2.07 bits per heavy atom. The van der Waals surface area contributed by atoms with E-state index in [1.807, 2.05) is 49.1 Å². The predicted molar refractivity (Wildman–Crippen MR) is 107 cm³/mol. The largest absolute Gasteiger partial charge is 0.340 e. The summed E-state index contributed by atoms with van der Waals surface area (Å²) in [5.41, 5.74) is 2.68. The van der Waals surface area contributed by atoms with Crippen molar-refractivity contribution in [3.8, 4) is 0 Å². The number of likely N-dealkylation sites (tertiary alicyclic amines) is 1. The minimum atomic E-state index is -0.0230. The number of aromatic amines is 1. The first-order valence-electron chi connectivity index (χ1n) is 9.37. The normalized spacial score (nSPS) is 17.0. The summed E-state index contributed by atoms with van der Waals surface area (Å²) in [6.45, 7) is 4.69. The number of aryl methyl sites for hydroxylation is 2. The van der Waals surface area contributed by atoms with E-state index in [0.29, 0.717) is 0 Å². The molecule has 0 radical (unpaired) electrons. The Kier molecular flexibility index (Phi) is 4.83. The summed E-state index contributed by atoms with van der Waals surface area (Å²) >= 11 is 1.63. The van der Waals surface area contributed by atoms with Gasteiger partial charge in [-0.1, -0.05) is 12.1 Å². The molecule has 1 atom stereocenters. The number of fused-ring (bicyclic) bond motifs is 1. The molecular weight excluding hydrogens is 358 g/mol. The highest BCUT2D eigenvalue weighted by Crippen LogP contribution is 2.32. The second-order valence-corrected chi connectivity index (χ2v) is 8.59. The van der Waals surface area contributed by atoms with Crippen molar-refractivity contribution in [2.45, 2.75) is 45.6 Å². The van der Waals surface area contributed by atoms with Crippen LogP contribution in [-0.4, -0.2) is 33.1 Å². The van der Waals surface area contributed by atoms with Gasteiger partial charge in [0.25, 0.3) is 0 Å². The monoisotopic (exact) mass is 381 g/mol. The molecular formula is C21H23N3O2S. The fraction of sp³-hybridized carbons (Fsp3) is 0.381. The molecule has 0 saturated carbocycles. The number of H-pyrrole nitrogens is 1. The highest BCUT2D eigenvalue weighted by molar-refractivity contribution is 7.12. The number of hydrogen-bond acceptors (Lipinski definition) is 4. The van der Waals surface area contributed by atoms with Crippen molar-refractivity contribution in [3.63, 3.8) is 0 Å². The molecule has 2 aromatic heterocycles. The molecule has 1 fully saturated rings. The number of carbonyl (C=O) groups is 2. The maximum atomic E-state index is 12.8. The van der Waals surface area contributed by atoms with Gasteiger partial charge in [0.15, 0.2) is 5.78 Å². The average molecular weight is 382 g/mol. The maximum absolute atomic E-state index is 12.8. The van der Waals surface area contributed by atoms with Crippen molar-refractivity contribution in [2.75, 3.05) is 6.54 Å². The number of benzene rings is 1. The molecule has 27 heavy (non-hydrogen) atoms. The zero-order chi connectivity index (χ0) is 19.0. The van der Waals surface area contributed by atoms with Crippen molar-refractivity contribution >= 4 is 34.1 Å². The quantitative estimate of drug-likeness (QED) is 0.659. The summed E-state index contributed by atoms with van der Waals surface area (Å²) in [5.74, 6) is 0.943. The van der Waals surface area contributed by atoms with Crippen LogP contribution in [0.1, 0.15) is 57.7 Å². The topological polar surface area (TPSA) is 66.1 Å². The van der Waals surface area contributed by atoms with Gasteiger partial charge in [-0.05, 0) is 44.9 Å². The zero-order valence-electron chi connectivity index (χ0n) is 15.6. The SMILES string of the molecule is Cc1cc(C(=O)CCC(=O)N2CCCC2c2nc3ccccc3[nH]2)c(C)s1. The number of ketones is 1. The second-order valence-electron chi connectivity index (χ2n) is 7.13. The molecule has 1 saturated heterocycles. The predicted octanol–water partition coefficient (Wildman–Crippen LogP) is 4.57. The molecule has 1 N–H and O–H groups in total. The third-order valence-corrected chi connectivity index (χ3v) is 6.17. The van der Waals surface area contributed by atoms with Gasteiger partial charge in [0, 0.05) is 34.7 Å². The number of para-hydroxylation sites is 2. The van der Waals surface area contributed by atoms with Crippen LogP contribution < -0.4 is 0 Å². The van der Waals surface area contributed by atoms with E-state index in [4.69, 9.17) is 0 Å². The molecule has 1 aliphatic heterocycles. The minimum Gasteiger partial charge on any atom is -0.340 e. The lowest BCUT2D eigenvalue weighted by Gasteiger charge is -2.23. The van der Waals surface area contributed by atoms with Crippen molar-refractivity contribution in [2.24, 2.45) is 0 Å². The van der Waals surface area contributed by atoms with Crippen molar-refractivity contribution < 1.29 is 9.59 Å². The van der Waals surface area contributed by atoms with Crippen LogP contribution in [0.3, 0.4) is 0 Å². The number of nitrogens with zero attached hydrogens (tertiary/aromatic N) is 2. The van der Waals surface area contributed by atoms with Crippen LogP contribution in [0.5, 0.6) is 0 Å². The Balaban J connectivity index is 1.44. The van der Waals surface area contributed by atoms with Gasteiger partial charge >= 0.3 is 0 Å². The Hall–Kier alpha value is -2.47. The van der Waals surface area contributed by atoms with Crippen LogP contribution in [-0.2, 0) is 4.79 Å². The van der Waals surface area contributed by atoms with Crippen LogP contribution in [0.25, 0.3) is 11.0 Å². The van der Waals surface area contributed by atoms with E-state index in [9.17, 15) is 9.59 Å². The van der Waals surface area contributed by atoms with Crippen molar-refractivity contribution in [1.82, 2.24) is 14.9 Å². The number of thiophene rings is 1. The van der Waals surface area contributed by atoms with Crippen LogP contribution in [0.2, 0.25) is 0 Å². The Morgan fingerprint density at radius 3 is 2.81 bits per heavy atom. The lowest BCUT2D eigenvalue weighted by atomic mass is 10.1. The van der Waals surface area contributed by atoms with E-state index < -0.39 is 0 Å². The summed E-state index contributed by atoms with van der Waals surface area (Å²) in [7, 11) is 0. The van der Waals surface area contributed by atoms with Crippen LogP contribution in [0, 0.1) is 13.8 Å². The molecule has 3 heterocycles. The van der Waals surface area contributed by atoms with E-state index in [1.165, 1.54) is 0 Å². The molecule has 3 aromatic rings. The zero-order valence-corrected chi connectivity index (χ0v) is 16.4. The van der Waals surface area contributed by atoms with Gasteiger partial charge < -0.3 is 9.88 Å². The number of carbonyl (C=O) groups excluding carboxylic acids is 2. The minimum absolute atomic E-state index is 0.0230. The van der Waals surface area contributed by atoms with E-state index >= 15 is 0 Å². The summed E-state index contributed by atoms with van der Waals surface area (Å²) in [6.07, 6.45) is 2.38. The standard InChI is InChI=1S/C21H23N3O2S/c1-13-12-15(14(2)27-13)19(25)9-10-20(26)24-11-5-8-18(24)21-22-16-6-3-4-7-17(16)23-21/h3-4,6-7,12,18H,5,8-11H2,1-2H3,(H,22,23). The fourth-order valence-corrected chi connectivity index (χ4v) is 4.83. The highest BCUT2D eigenvalue weighted by Gasteiger charge is 2.32. The first-order chi connectivity index (χ1) is 13.0. The Morgan fingerprint density at radius 1 is 1.26 bits per heavy atom. The van der Waals surface area contributed by atoms with Gasteiger partial charge in [0.05, 0.1) is 17.1 Å². The summed E-state index contributed by atoms with van der Waals surface area (Å²) < 4.78 is 0. The lowest BCUT2D eigenvalue weighted by molar-refractivity contribution is -0.132. The van der Waals surface area contributed by atoms with Gasteiger partial charge in [-0.2, -0.15) is 0 Å². The molecule has 1 aliphatic rings. The number of nitrogens with one attached hydrogen (secondary N) is 1. The summed E-state index contributed by atoms with van der Waals surface area (Å²) in [4.78, 5) is 37.4. The summed E-state index contributed by atoms with van der Waals surface area (Å²) in [6, 6.07) is 9.81. The van der Waals surface area contributed by atoms with Crippen molar-refractivity contribution in [3.05, 3.63) is 51.5 Å². The first kappa shape index (κ1) is 17.9. The molecule has 1 unspecified atom stereocenters. The van der Waals surface area contributed by atoms with Crippen LogP contribution >= 0.6 is 11.3 Å². The molecule has 6 heteroatoms. The summed E-state index contributed by atoms with van der Waals surface area (Å²) in [5, 5.41) is 0. The molecule has 5 nitrogen and oxygen atoms in total. The molecule has 0 spiro atoms. The third-order valence-electron chi connectivity index (χ3n) is 5.20. The highest BCUT2D eigenvalue weighted by atomic mass is 32.1. The molecule has 4 rings (SSSR count). The Bertz CT molecular complexity index is 971. The van der Waals surface area contributed by atoms with Gasteiger partial charge in [-0.3, -0.25) is 9.59 Å². The van der Waals surface area contributed by atoms with Gasteiger partial charge in [0.2, 0.25) is 5.91 Å². The second kappa shape index (κ2) is 7.27. The smallest absolute Gasteiger partial charge is 0.223 e. The number of hydrogen-bond donors (Lipinski definition) is 1. The molecule has 140 valence electrons. The first-order valence-corrected chi connectivity index (χ1v) is 10.2. The number of amides is 1. The maximum Gasteiger partial charge on any atom is 0.223 e. The van der Waals surface area contributed by atoms with E-state index in [0.717, 1.165) is 51.6 Å². The van der Waals surface area contributed by atoms with Crippen molar-refractivity contribution in [1.29, 1.82) is 0 Å². The molecule has 0 aliphatic carbocycles. The van der Waals surface area contributed by atoms with Gasteiger partial charge in [-0.25, -0.2) is 4.98 Å². The molecule has 0 bridgehead atoms. The fourth-order valence-electron chi connectivity index (χ4n) is 3.89. The number of Topliss-reactive ketones (excluding diaryl/α,β-unsaturated/α-hetero) is 1. The molecule has 1 aromatic carbocycles. The van der Waals surface area contributed by atoms with Crippen LogP contribution in [0.15, 0.2) is 30.3 Å². The molecule has 1 amide bonds. The van der Waals surface area contributed by atoms with Crippen LogP contribution in [0.4, 0.5) is 0 Å². The van der Waals surface area contributed by atoms with E-state index in [1.54, 1.807) is 11.3 Å². The number of imidazole rings is 1.